The maximum Gasteiger partial charge on any atom is 0.272 e. The number of nitrogens with zero attached hydrogens (tertiary/aromatic N) is 1. The molecule has 102 valence electrons. The van der Waals surface area contributed by atoms with Crippen LogP contribution in [0.1, 0.15) is 22.8 Å². The van der Waals surface area contributed by atoms with Crippen LogP contribution in [0.5, 0.6) is 0 Å². The van der Waals surface area contributed by atoms with E-state index >= 15 is 0 Å². The molecule has 0 fully saturated rings. The largest absolute Gasteiger partial charge is 0.272 e. The standard InChI is InChI=1S/C15H12BrIN2O/c1-10(11-6-8-12(16)9-7-11)18-19-15(20)13-4-2-3-5-14(13)17/h2-9H,1H3,(H,19,20)/b18-10-. The first-order valence-electron chi connectivity index (χ1n) is 5.93. The molecule has 0 atom stereocenters. The molecule has 0 spiro atoms. The number of carbonyl (C=O) groups is 1. The Balaban J connectivity index is 2.11. The van der Waals surface area contributed by atoms with Gasteiger partial charge in [-0.05, 0) is 59.3 Å². The van der Waals surface area contributed by atoms with E-state index in [1.165, 1.54) is 0 Å². The van der Waals surface area contributed by atoms with Crippen molar-refractivity contribution in [1.29, 1.82) is 0 Å². The van der Waals surface area contributed by atoms with Gasteiger partial charge in [0.15, 0.2) is 0 Å². The molecule has 0 saturated carbocycles. The van der Waals surface area contributed by atoms with E-state index in [4.69, 9.17) is 0 Å². The van der Waals surface area contributed by atoms with Crippen LogP contribution in [0, 0.1) is 3.57 Å². The summed E-state index contributed by atoms with van der Waals surface area (Å²) in [7, 11) is 0. The van der Waals surface area contributed by atoms with Crippen molar-refractivity contribution in [2.45, 2.75) is 6.92 Å². The molecule has 2 rings (SSSR count). The van der Waals surface area contributed by atoms with Crippen LogP contribution in [0.2, 0.25) is 0 Å². The zero-order valence-electron chi connectivity index (χ0n) is 10.7. The van der Waals surface area contributed by atoms with E-state index in [9.17, 15) is 4.79 Å². The number of hydrogen-bond donors (Lipinski definition) is 1. The molecule has 2 aromatic carbocycles. The second-order valence-corrected chi connectivity index (χ2v) is 6.20. The maximum atomic E-state index is 12.0. The van der Waals surface area contributed by atoms with E-state index in [2.05, 4.69) is 49.0 Å². The van der Waals surface area contributed by atoms with Crippen LogP contribution in [0.3, 0.4) is 0 Å². The summed E-state index contributed by atoms with van der Waals surface area (Å²) in [6, 6.07) is 15.2. The van der Waals surface area contributed by atoms with Crippen LogP contribution < -0.4 is 5.43 Å². The lowest BCUT2D eigenvalue weighted by Crippen LogP contribution is -2.20. The Labute approximate surface area is 139 Å². The van der Waals surface area contributed by atoms with Gasteiger partial charge in [-0.1, -0.05) is 40.2 Å². The Kier molecular flexibility index (Phi) is 5.31. The molecule has 20 heavy (non-hydrogen) atoms. The van der Waals surface area contributed by atoms with E-state index in [0.29, 0.717) is 5.56 Å². The molecule has 0 radical (unpaired) electrons. The van der Waals surface area contributed by atoms with Crippen molar-refractivity contribution in [2.75, 3.05) is 0 Å². The van der Waals surface area contributed by atoms with Crippen LogP contribution >= 0.6 is 38.5 Å². The average molecular weight is 443 g/mol. The normalized spacial score (nSPS) is 11.2. The number of nitrogens with one attached hydrogen (secondary N) is 1. The molecule has 0 saturated heterocycles. The molecule has 0 heterocycles. The molecule has 0 aromatic heterocycles. The highest BCUT2D eigenvalue weighted by atomic mass is 127. The highest BCUT2D eigenvalue weighted by Gasteiger charge is 2.08. The summed E-state index contributed by atoms with van der Waals surface area (Å²) in [5.41, 5.74) is 4.94. The third kappa shape index (κ3) is 3.89. The van der Waals surface area contributed by atoms with Gasteiger partial charge in [0, 0.05) is 8.04 Å². The van der Waals surface area contributed by atoms with E-state index < -0.39 is 0 Å². The molecular weight excluding hydrogens is 431 g/mol. The van der Waals surface area contributed by atoms with E-state index in [1.807, 2.05) is 49.4 Å². The molecule has 0 aliphatic carbocycles. The van der Waals surface area contributed by atoms with Crippen molar-refractivity contribution >= 4 is 50.1 Å². The Morgan fingerprint density at radius 3 is 2.45 bits per heavy atom. The second-order valence-electron chi connectivity index (χ2n) is 4.12. The van der Waals surface area contributed by atoms with Crippen molar-refractivity contribution in [1.82, 2.24) is 5.43 Å². The van der Waals surface area contributed by atoms with Crippen molar-refractivity contribution in [3.63, 3.8) is 0 Å². The summed E-state index contributed by atoms with van der Waals surface area (Å²) in [5.74, 6) is -0.202. The summed E-state index contributed by atoms with van der Waals surface area (Å²) in [6.07, 6.45) is 0. The third-order valence-corrected chi connectivity index (χ3v) is 4.17. The summed E-state index contributed by atoms with van der Waals surface area (Å²) < 4.78 is 1.91. The molecule has 5 heteroatoms. The quantitative estimate of drug-likeness (QED) is 0.432. The first-order valence-corrected chi connectivity index (χ1v) is 7.80. The van der Waals surface area contributed by atoms with Gasteiger partial charge in [-0.3, -0.25) is 4.79 Å². The summed E-state index contributed by atoms with van der Waals surface area (Å²) in [4.78, 5) is 12.0. The van der Waals surface area contributed by atoms with Gasteiger partial charge >= 0.3 is 0 Å². The molecule has 0 aliphatic heterocycles. The van der Waals surface area contributed by atoms with E-state index in [1.54, 1.807) is 6.07 Å². The second kappa shape index (κ2) is 6.99. The Morgan fingerprint density at radius 2 is 1.80 bits per heavy atom. The van der Waals surface area contributed by atoms with Gasteiger partial charge in [-0.15, -0.1) is 0 Å². The number of hydrogen-bond acceptors (Lipinski definition) is 2. The number of hydrazone groups is 1. The van der Waals surface area contributed by atoms with Gasteiger partial charge in [-0.2, -0.15) is 5.10 Å². The molecule has 1 N–H and O–H groups in total. The fourth-order valence-corrected chi connectivity index (χ4v) is 2.49. The predicted molar refractivity (Wildman–Crippen MR) is 93.0 cm³/mol. The van der Waals surface area contributed by atoms with Gasteiger partial charge < -0.3 is 0 Å². The predicted octanol–water partition coefficient (Wildman–Crippen LogP) is 4.21. The number of halogens is 2. The van der Waals surface area contributed by atoms with Crippen LogP contribution in [0.25, 0.3) is 0 Å². The lowest BCUT2D eigenvalue weighted by atomic mass is 10.1. The number of rotatable bonds is 3. The van der Waals surface area contributed by atoms with Crippen molar-refractivity contribution in [3.05, 3.63) is 67.7 Å². The van der Waals surface area contributed by atoms with Crippen molar-refractivity contribution in [2.24, 2.45) is 5.10 Å². The fourth-order valence-electron chi connectivity index (χ4n) is 1.60. The van der Waals surface area contributed by atoms with Crippen LogP contribution in [-0.4, -0.2) is 11.6 Å². The SMILES string of the molecule is C/C(=N/NC(=O)c1ccccc1I)c1ccc(Br)cc1. The lowest BCUT2D eigenvalue weighted by molar-refractivity contribution is 0.0954. The van der Waals surface area contributed by atoms with Crippen LogP contribution in [0.15, 0.2) is 58.1 Å². The molecule has 2 aromatic rings. The van der Waals surface area contributed by atoms with E-state index in [0.717, 1.165) is 19.3 Å². The van der Waals surface area contributed by atoms with Gasteiger partial charge in [0.1, 0.15) is 0 Å². The zero-order chi connectivity index (χ0) is 14.5. The lowest BCUT2D eigenvalue weighted by Gasteiger charge is -2.04. The van der Waals surface area contributed by atoms with Crippen molar-refractivity contribution < 1.29 is 4.79 Å². The summed E-state index contributed by atoms with van der Waals surface area (Å²) in [6.45, 7) is 1.86. The number of benzene rings is 2. The minimum atomic E-state index is -0.202. The van der Waals surface area contributed by atoms with Gasteiger partial charge in [-0.25, -0.2) is 5.43 Å². The van der Waals surface area contributed by atoms with Gasteiger partial charge in [0.25, 0.3) is 5.91 Å². The molecule has 0 bridgehead atoms. The number of amides is 1. The topological polar surface area (TPSA) is 41.5 Å². The minimum absolute atomic E-state index is 0.202. The number of carbonyl (C=O) groups excluding carboxylic acids is 1. The van der Waals surface area contributed by atoms with Gasteiger partial charge in [0.2, 0.25) is 0 Å². The van der Waals surface area contributed by atoms with Crippen LogP contribution in [-0.2, 0) is 0 Å². The zero-order valence-corrected chi connectivity index (χ0v) is 14.5. The molecular formula is C15H12BrIN2O. The third-order valence-electron chi connectivity index (χ3n) is 2.71. The fraction of sp³-hybridized carbons (Fsp3) is 0.0667. The minimum Gasteiger partial charge on any atom is -0.267 e. The summed E-state index contributed by atoms with van der Waals surface area (Å²) >= 11 is 5.52. The Morgan fingerprint density at radius 1 is 1.15 bits per heavy atom. The monoisotopic (exact) mass is 442 g/mol. The highest BCUT2D eigenvalue weighted by Crippen LogP contribution is 2.12. The molecule has 0 aliphatic rings. The van der Waals surface area contributed by atoms with Crippen molar-refractivity contribution in [3.8, 4) is 0 Å². The Bertz CT molecular complexity index is 653. The van der Waals surface area contributed by atoms with Crippen LogP contribution in [0.4, 0.5) is 0 Å². The highest BCUT2D eigenvalue weighted by molar-refractivity contribution is 14.1. The molecule has 3 nitrogen and oxygen atoms in total. The molecule has 0 unspecified atom stereocenters. The average Bonchev–Trinajstić information content (AvgIpc) is 2.45. The smallest absolute Gasteiger partial charge is 0.267 e. The van der Waals surface area contributed by atoms with E-state index in [-0.39, 0.29) is 5.91 Å². The Hall–Kier alpha value is -1.21. The maximum absolute atomic E-state index is 12.0. The first kappa shape index (κ1) is 15.2. The first-order chi connectivity index (χ1) is 9.58. The summed E-state index contributed by atoms with van der Waals surface area (Å²) in [5, 5.41) is 4.14. The molecule has 1 amide bonds. The van der Waals surface area contributed by atoms with Gasteiger partial charge in [0.05, 0.1) is 11.3 Å².